The van der Waals surface area contributed by atoms with E-state index in [4.69, 9.17) is 24.0 Å². The van der Waals surface area contributed by atoms with E-state index in [1.807, 2.05) is 12.2 Å². The van der Waals surface area contributed by atoms with Crippen LogP contribution in [-0.4, -0.2) is 28.2 Å². The van der Waals surface area contributed by atoms with Crippen molar-refractivity contribution in [3.63, 3.8) is 0 Å². The van der Waals surface area contributed by atoms with Crippen molar-refractivity contribution in [2.24, 2.45) is 18.6 Å². The molecule has 2 heterocycles. The van der Waals surface area contributed by atoms with Gasteiger partial charge in [0.05, 0.1) is 44.2 Å². The van der Waals surface area contributed by atoms with Crippen LogP contribution in [0.4, 0.5) is 11.4 Å². The molecule has 51 heavy (non-hydrogen) atoms. The van der Waals surface area contributed by atoms with Gasteiger partial charge in [0.2, 0.25) is 0 Å². The minimum atomic E-state index is -2.39. The minimum Gasteiger partial charge on any atom is -0.304 e. The molecular weight excluding hydrogens is 659 g/mol. The topological polar surface area (TPSA) is 100 Å². The number of rotatable bonds is 5. The standard InChI is InChI=1S/C42H35N7Si2/c1-50(2)45-39-31(29-20-19-26-11-5-6-13-28(26)25-29)21-23-36(41(39)47-50)49(35-18-10-17-34(43)38(35)44)37-24-22-33(40-42(37)48-51(3,4)46-40)32-16-9-14-27-12-7-8-15-30(27)32/h5-25,43-44H,1-4H3. The molecule has 6 aromatic rings. The maximum absolute atomic E-state index is 9.17. The molecule has 0 unspecified atom stereocenters. The molecule has 7 nitrogen and oxygen atoms in total. The maximum atomic E-state index is 9.17. The van der Waals surface area contributed by atoms with Gasteiger partial charge in [0.1, 0.15) is 5.71 Å². The second kappa shape index (κ2) is 11.3. The second-order valence-electron chi connectivity index (χ2n) is 14.2. The third kappa shape index (κ3) is 5.16. The summed E-state index contributed by atoms with van der Waals surface area (Å²) >= 11 is 0. The molecule has 0 spiro atoms. The van der Waals surface area contributed by atoms with Gasteiger partial charge in [-0.2, -0.15) is 0 Å². The zero-order valence-corrected chi connectivity index (χ0v) is 30.9. The highest BCUT2D eigenvalue weighted by Gasteiger charge is 2.33. The van der Waals surface area contributed by atoms with Gasteiger partial charge >= 0.3 is 0 Å². The molecule has 1 aliphatic carbocycles. The molecule has 9 rings (SSSR count). The second-order valence-corrected chi connectivity index (χ2v) is 21.1. The van der Waals surface area contributed by atoms with Crippen LogP contribution in [0.25, 0.3) is 43.8 Å². The van der Waals surface area contributed by atoms with Crippen LogP contribution in [0.3, 0.4) is 0 Å². The van der Waals surface area contributed by atoms with Crippen molar-refractivity contribution in [2.75, 3.05) is 4.90 Å². The molecule has 0 saturated heterocycles. The Balaban J connectivity index is 1.32. The third-order valence-electron chi connectivity index (χ3n) is 9.71. The Morgan fingerprint density at radius 2 is 1.12 bits per heavy atom. The number of hydrogen-bond acceptors (Lipinski definition) is 7. The van der Waals surface area contributed by atoms with Gasteiger partial charge in [-0.25, -0.2) is 0 Å². The fourth-order valence-corrected chi connectivity index (χ4v) is 10.7. The van der Waals surface area contributed by atoms with E-state index in [1.165, 1.54) is 21.5 Å². The van der Waals surface area contributed by atoms with Gasteiger partial charge in [0.25, 0.3) is 16.8 Å². The molecule has 0 aromatic heterocycles. The van der Waals surface area contributed by atoms with Gasteiger partial charge in [0.15, 0.2) is 0 Å². The number of fused-ring (bicyclic) bond motifs is 4. The van der Waals surface area contributed by atoms with Gasteiger partial charge in [-0.15, -0.1) is 0 Å². The number of allylic oxidation sites excluding steroid dienone is 4. The van der Waals surface area contributed by atoms with E-state index in [9.17, 15) is 5.41 Å². The van der Waals surface area contributed by atoms with Crippen LogP contribution in [0.5, 0.6) is 0 Å². The molecule has 9 heteroatoms. The highest BCUT2D eigenvalue weighted by molar-refractivity contribution is 6.74. The summed E-state index contributed by atoms with van der Waals surface area (Å²) < 4.78 is 21.4. The summed E-state index contributed by atoms with van der Waals surface area (Å²) in [7, 11) is -4.78. The molecule has 3 aliphatic rings. The summed E-state index contributed by atoms with van der Waals surface area (Å²) in [5, 5.41) is 25.9. The van der Waals surface area contributed by atoms with Crippen molar-refractivity contribution in [2.45, 2.75) is 26.2 Å². The fourth-order valence-electron chi connectivity index (χ4n) is 7.47. The minimum absolute atomic E-state index is 0.134. The Morgan fingerprint density at radius 1 is 0.529 bits per heavy atom. The summed E-state index contributed by atoms with van der Waals surface area (Å²) in [6, 6.07) is 38.3. The van der Waals surface area contributed by atoms with E-state index in [0.717, 1.165) is 55.1 Å². The van der Waals surface area contributed by atoms with Gasteiger partial charge in [-0.3, -0.25) is 29.5 Å². The first kappa shape index (κ1) is 31.1. The Bertz CT molecular complexity index is 2860. The lowest BCUT2D eigenvalue weighted by molar-refractivity contribution is 1.15. The molecular formula is C42H35N7Si2. The Hall–Kier alpha value is -5.91. The summed E-state index contributed by atoms with van der Waals surface area (Å²) in [5.41, 5.74) is 6.78. The van der Waals surface area contributed by atoms with Crippen molar-refractivity contribution in [3.8, 4) is 22.3 Å². The monoisotopic (exact) mass is 693 g/mol. The molecule has 0 amide bonds. The molecule has 0 bridgehead atoms. The number of hydrogen-bond donors (Lipinski definition) is 2. The lowest BCUT2D eigenvalue weighted by Gasteiger charge is -2.29. The zero-order chi connectivity index (χ0) is 35.1. The van der Waals surface area contributed by atoms with E-state index in [-0.39, 0.29) is 11.4 Å². The third-order valence-corrected chi connectivity index (χ3v) is 12.8. The molecule has 0 radical (unpaired) electrons. The lowest BCUT2D eigenvalue weighted by atomic mass is 9.96. The first-order valence-corrected chi connectivity index (χ1v) is 23.0. The molecule has 246 valence electrons. The molecule has 6 aromatic carbocycles. The van der Waals surface area contributed by atoms with Crippen molar-refractivity contribution in [3.05, 3.63) is 155 Å². The summed E-state index contributed by atoms with van der Waals surface area (Å²) in [6.07, 6.45) is 5.42. The zero-order valence-electron chi connectivity index (χ0n) is 28.9. The van der Waals surface area contributed by atoms with E-state index >= 15 is 0 Å². The summed E-state index contributed by atoms with van der Waals surface area (Å²) in [5.74, 6) is 0. The SMILES string of the molecule is C[Si]1(C)N=c2c(-c3ccc4ccccc4c3)ccc(N(C3=CC=CC(=N)C3=N)c3ccc(-c4cccc5ccccc45)c4c3=N[Si](C)(C)N=4)c2=N1. The van der Waals surface area contributed by atoms with Gasteiger partial charge < -0.3 is 4.90 Å². The van der Waals surface area contributed by atoms with E-state index < -0.39 is 16.8 Å². The fraction of sp³-hybridized carbons (Fsp3) is 0.0952. The Labute approximate surface area is 297 Å². The Kier molecular flexibility index (Phi) is 6.90. The number of benzene rings is 6. The predicted octanol–water partition coefficient (Wildman–Crippen LogP) is 7.87. The highest BCUT2D eigenvalue weighted by Crippen LogP contribution is 2.33. The van der Waals surface area contributed by atoms with Crippen LogP contribution in [0.2, 0.25) is 26.2 Å². The smallest absolute Gasteiger partial charge is 0.298 e. The van der Waals surface area contributed by atoms with E-state index in [2.05, 4.69) is 140 Å². The van der Waals surface area contributed by atoms with Crippen LogP contribution in [0.1, 0.15) is 0 Å². The number of nitrogens with one attached hydrogen (secondary N) is 2. The van der Waals surface area contributed by atoms with Crippen molar-refractivity contribution < 1.29 is 0 Å². The van der Waals surface area contributed by atoms with Crippen LogP contribution < -0.4 is 26.3 Å². The maximum Gasteiger partial charge on any atom is 0.298 e. The van der Waals surface area contributed by atoms with Gasteiger partial charge in [0, 0.05) is 11.1 Å². The number of anilines is 2. The Morgan fingerprint density at radius 3 is 1.84 bits per heavy atom. The molecule has 2 N–H and O–H groups in total. The quantitative estimate of drug-likeness (QED) is 0.139. The molecule has 0 atom stereocenters. The van der Waals surface area contributed by atoms with Gasteiger partial charge in [-0.05, 0) is 95.3 Å². The van der Waals surface area contributed by atoms with Crippen LogP contribution >= 0.6 is 0 Å². The average Bonchev–Trinajstić information content (AvgIpc) is 3.64. The largest absolute Gasteiger partial charge is 0.304 e. The first-order chi connectivity index (χ1) is 24.6. The molecule has 2 aliphatic heterocycles. The highest BCUT2D eigenvalue weighted by atomic mass is 28.3. The summed E-state index contributed by atoms with van der Waals surface area (Å²) in [4.78, 5) is 2.08. The predicted molar refractivity (Wildman–Crippen MR) is 213 cm³/mol. The van der Waals surface area contributed by atoms with Crippen LogP contribution in [0.15, 0.2) is 152 Å². The van der Waals surface area contributed by atoms with Crippen LogP contribution in [0, 0.1) is 10.8 Å². The van der Waals surface area contributed by atoms with Crippen molar-refractivity contribution in [1.82, 2.24) is 0 Å². The van der Waals surface area contributed by atoms with Gasteiger partial charge in [-0.1, -0.05) is 91.0 Å². The molecule has 0 fully saturated rings. The first-order valence-electron chi connectivity index (χ1n) is 17.2. The van der Waals surface area contributed by atoms with Crippen molar-refractivity contribution >= 4 is 61.1 Å². The van der Waals surface area contributed by atoms with E-state index in [1.54, 1.807) is 6.08 Å². The van der Waals surface area contributed by atoms with E-state index in [0.29, 0.717) is 5.70 Å². The summed E-state index contributed by atoms with van der Waals surface area (Å²) in [6.45, 7) is 8.63. The average molecular weight is 694 g/mol. The van der Waals surface area contributed by atoms with Crippen molar-refractivity contribution in [1.29, 1.82) is 10.8 Å². The molecule has 0 saturated carbocycles. The van der Waals surface area contributed by atoms with Crippen LogP contribution in [-0.2, 0) is 0 Å². The normalized spacial score (nSPS) is 16.5. The lowest BCUT2D eigenvalue weighted by Crippen LogP contribution is -2.39. The number of nitrogens with zero attached hydrogens (tertiary/aromatic N) is 5.